The van der Waals surface area contributed by atoms with E-state index >= 15 is 0 Å². The Morgan fingerprint density at radius 2 is 1.74 bits per heavy atom. The van der Waals surface area contributed by atoms with Crippen molar-refractivity contribution >= 4 is 38.7 Å². The van der Waals surface area contributed by atoms with Crippen LogP contribution in [0, 0.1) is 0 Å². The average molecular weight is 561 g/mol. The van der Waals surface area contributed by atoms with Gasteiger partial charge >= 0.3 is 0 Å². The van der Waals surface area contributed by atoms with Gasteiger partial charge in [-0.1, -0.05) is 54.6 Å². The van der Waals surface area contributed by atoms with Gasteiger partial charge in [-0.2, -0.15) is 0 Å². The smallest absolute Gasteiger partial charge is 0.124 e. The molecule has 6 heteroatoms. The maximum Gasteiger partial charge on any atom is 0.124 e. The first-order chi connectivity index (χ1) is 19.0. The standard InChI is InChI=1S/C33H37ClN2O2S/c1-5-38-30-19-12-24(23-10-17-28(37-4)18-11-23)20-25(30)21-36(27-15-13-26(35-3)14-16-27)22(2)33-32(34)29-8-6-7-9-31(29)39-33/h6-12,17-20,26-27,35H,2,5,13-16,21H2,1,3-4H3. The van der Waals surface area contributed by atoms with Gasteiger partial charge in [-0.05, 0) is 81.1 Å². The number of hydrogen-bond donors (Lipinski definition) is 1. The number of hydrogen-bond acceptors (Lipinski definition) is 5. The Morgan fingerprint density at radius 1 is 1.03 bits per heavy atom. The zero-order chi connectivity index (χ0) is 27.4. The van der Waals surface area contributed by atoms with Crippen molar-refractivity contribution in [2.24, 2.45) is 0 Å². The van der Waals surface area contributed by atoms with Gasteiger partial charge < -0.3 is 19.7 Å². The van der Waals surface area contributed by atoms with Crippen molar-refractivity contribution in [3.8, 4) is 22.6 Å². The fourth-order valence-electron chi connectivity index (χ4n) is 5.60. The summed E-state index contributed by atoms with van der Waals surface area (Å²) in [4.78, 5) is 3.54. The van der Waals surface area contributed by atoms with E-state index in [1.807, 2.05) is 25.1 Å². The zero-order valence-electron chi connectivity index (χ0n) is 23.0. The highest BCUT2D eigenvalue weighted by molar-refractivity contribution is 7.20. The van der Waals surface area contributed by atoms with Crippen LogP contribution in [-0.2, 0) is 6.54 Å². The van der Waals surface area contributed by atoms with Crippen molar-refractivity contribution < 1.29 is 9.47 Å². The summed E-state index contributed by atoms with van der Waals surface area (Å²) >= 11 is 8.70. The Labute approximate surface area is 241 Å². The molecule has 0 spiro atoms. The fourth-order valence-corrected chi connectivity index (χ4v) is 7.12. The maximum atomic E-state index is 6.97. The van der Waals surface area contributed by atoms with Crippen LogP contribution in [0.4, 0.5) is 0 Å². The summed E-state index contributed by atoms with van der Waals surface area (Å²) in [5.74, 6) is 1.77. The van der Waals surface area contributed by atoms with E-state index in [9.17, 15) is 0 Å². The summed E-state index contributed by atoms with van der Waals surface area (Å²) in [5, 5.41) is 5.36. The lowest BCUT2D eigenvalue weighted by Crippen LogP contribution is -2.40. The van der Waals surface area contributed by atoms with Crippen LogP contribution in [0.1, 0.15) is 43.0 Å². The Balaban J connectivity index is 1.53. The number of rotatable bonds is 10. The molecule has 39 heavy (non-hydrogen) atoms. The number of nitrogens with zero attached hydrogens (tertiary/aromatic N) is 1. The molecule has 5 rings (SSSR count). The van der Waals surface area contributed by atoms with Crippen molar-refractivity contribution in [3.63, 3.8) is 0 Å². The molecule has 0 bridgehead atoms. The summed E-state index contributed by atoms with van der Waals surface area (Å²) < 4.78 is 12.7. The van der Waals surface area contributed by atoms with Crippen molar-refractivity contribution in [1.29, 1.82) is 0 Å². The first-order valence-corrected chi connectivity index (χ1v) is 14.9. The number of thiophene rings is 1. The highest BCUT2D eigenvalue weighted by atomic mass is 35.5. The lowest BCUT2D eigenvalue weighted by molar-refractivity contribution is 0.203. The molecule has 0 atom stereocenters. The topological polar surface area (TPSA) is 33.7 Å². The number of halogens is 1. The Hall–Kier alpha value is -2.99. The van der Waals surface area contributed by atoms with E-state index in [1.165, 1.54) is 4.70 Å². The minimum Gasteiger partial charge on any atom is -0.497 e. The van der Waals surface area contributed by atoms with Crippen LogP contribution in [0.25, 0.3) is 26.9 Å². The van der Waals surface area contributed by atoms with Gasteiger partial charge in [0, 0.05) is 40.0 Å². The van der Waals surface area contributed by atoms with E-state index < -0.39 is 0 Å². The third-order valence-electron chi connectivity index (χ3n) is 7.81. The predicted molar refractivity (Wildman–Crippen MR) is 166 cm³/mol. The predicted octanol–water partition coefficient (Wildman–Crippen LogP) is 8.63. The lowest BCUT2D eigenvalue weighted by atomic mass is 9.89. The van der Waals surface area contributed by atoms with Crippen LogP contribution >= 0.6 is 22.9 Å². The van der Waals surface area contributed by atoms with E-state index in [0.717, 1.165) is 74.9 Å². The largest absolute Gasteiger partial charge is 0.497 e. The number of fused-ring (bicyclic) bond motifs is 1. The summed E-state index contributed by atoms with van der Waals surface area (Å²) in [6.45, 7) is 8.01. The number of ether oxygens (including phenoxy) is 2. The summed E-state index contributed by atoms with van der Waals surface area (Å²) in [7, 11) is 3.76. The van der Waals surface area contributed by atoms with Crippen LogP contribution in [0.5, 0.6) is 11.5 Å². The molecule has 4 aromatic rings. The molecule has 1 saturated carbocycles. The Kier molecular flexibility index (Phi) is 8.81. The molecular weight excluding hydrogens is 524 g/mol. The fraction of sp³-hybridized carbons (Fsp3) is 0.333. The molecule has 1 N–H and O–H groups in total. The second-order valence-electron chi connectivity index (χ2n) is 10.1. The molecule has 1 aromatic heterocycles. The zero-order valence-corrected chi connectivity index (χ0v) is 24.6. The van der Waals surface area contributed by atoms with Crippen molar-refractivity contribution in [2.75, 3.05) is 20.8 Å². The van der Waals surface area contributed by atoms with Gasteiger partial charge in [0.05, 0.1) is 23.6 Å². The van der Waals surface area contributed by atoms with E-state index in [0.29, 0.717) is 25.2 Å². The SMILES string of the molecule is C=C(c1sc2ccccc2c1Cl)N(Cc1cc(-c2ccc(OC)cc2)ccc1OCC)C1CCC(NC)CC1. The third kappa shape index (κ3) is 5.96. The Bertz CT molecular complexity index is 1420. The minimum absolute atomic E-state index is 0.377. The minimum atomic E-state index is 0.377. The van der Waals surface area contributed by atoms with Gasteiger partial charge in [-0.15, -0.1) is 11.3 Å². The van der Waals surface area contributed by atoms with Gasteiger partial charge in [0.25, 0.3) is 0 Å². The molecule has 0 radical (unpaired) electrons. The molecular formula is C33H37ClN2O2S. The first kappa shape index (κ1) is 27.6. The van der Waals surface area contributed by atoms with Crippen LogP contribution in [0.3, 0.4) is 0 Å². The summed E-state index contributed by atoms with van der Waals surface area (Å²) in [5.41, 5.74) is 4.44. The third-order valence-corrected chi connectivity index (χ3v) is 9.54. The van der Waals surface area contributed by atoms with Crippen molar-refractivity contribution in [1.82, 2.24) is 10.2 Å². The molecule has 0 amide bonds. The van der Waals surface area contributed by atoms with Gasteiger partial charge in [-0.3, -0.25) is 0 Å². The molecule has 1 fully saturated rings. The van der Waals surface area contributed by atoms with Crippen LogP contribution in [0.15, 0.2) is 73.3 Å². The van der Waals surface area contributed by atoms with Crippen molar-refractivity contribution in [2.45, 2.75) is 51.2 Å². The molecule has 1 heterocycles. The normalized spacial score (nSPS) is 17.2. The van der Waals surface area contributed by atoms with Crippen LogP contribution in [-0.4, -0.2) is 37.7 Å². The monoisotopic (exact) mass is 560 g/mol. The number of nitrogens with one attached hydrogen (secondary N) is 1. The molecule has 0 aliphatic heterocycles. The quantitative estimate of drug-likeness (QED) is 0.210. The van der Waals surface area contributed by atoms with Gasteiger partial charge in [0.15, 0.2) is 0 Å². The lowest BCUT2D eigenvalue weighted by Gasteiger charge is -2.39. The molecule has 4 nitrogen and oxygen atoms in total. The van der Waals surface area contributed by atoms with E-state index in [-0.39, 0.29) is 0 Å². The summed E-state index contributed by atoms with van der Waals surface area (Å²) in [6.07, 6.45) is 4.51. The van der Waals surface area contributed by atoms with Crippen LogP contribution < -0.4 is 14.8 Å². The van der Waals surface area contributed by atoms with Gasteiger partial charge in [0.1, 0.15) is 11.5 Å². The molecule has 1 aliphatic rings. The number of benzene rings is 3. The Morgan fingerprint density at radius 3 is 2.41 bits per heavy atom. The highest BCUT2D eigenvalue weighted by Gasteiger charge is 2.29. The van der Waals surface area contributed by atoms with Crippen molar-refractivity contribution in [3.05, 3.63) is 88.8 Å². The number of methoxy groups -OCH3 is 1. The maximum absolute atomic E-state index is 6.97. The molecule has 204 valence electrons. The second-order valence-corrected chi connectivity index (χ2v) is 11.5. The first-order valence-electron chi connectivity index (χ1n) is 13.7. The highest BCUT2D eigenvalue weighted by Crippen LogP contribution is 2.42. The van der Waals surface area contributed by atoms with E-state index in [4.69, 9.17) is 21.1 Å². The molecule has 0 unspecified atom stereocenters. The summed E-state index contributed by atoms with van der Waals surface area (Å²) in [6, 6.07) is 24.0. The van der Waals surface area contributed by atoms with Gasteiger partial charge in [-0.25, -0.2) is 0 Å². The average Bonchev–Trinajstić information content (AvgIpc) is 3.33. The second kappa shape index (κ2) is 12.5. The molecule has 1 aliphatic carbocycles. The van der Waals surface area contributed by atoms with Crippen LogP contribution in [0.2, 0.25) is 5.02 Å². The molecule has 3 aromatic carbocycles. The van der Waals surface area contributed by atoms with E-state index in [1.54, 1.807) is 18.4 Å². The van der Waals surface area contributed by atoms with E-state index in [2.05, 4.69) is 72.4 Å². The molecule has 0 saturated heterocycles. The van der Waals surface area contributed by atoms with Gasteiger partial charge in [0.2, 0.25) is 0 Å².